The topological polar surface area (TPSA) is 66.9 Å². The van der Waals surface area contributed by atoms with Crippen molar-refractivity contribution in [2.75, 3.05) is 36.6 Å². The van der Waals surface area contributed by atoms with E-state index in [-0.39, 0.29) is 36.0 Å². The zero-order valence-electron chi connectivity index (χ0n) is 16.1. The predicted molar refractivity (Wildman–Crippen MR) is 113 cm³/mol. The minimum absolute atomic E-state index is 0.00886. The normalized spacial score (nSPS) is 23.8. The first-order valence-corrected chi connectivity index (χ1v) is 11.7. The Morgan fingerprint density at radius 2 is 1.69 bits per heavy atom. The van der Waals surface area contributed by atoms with Gasteiger partial charge in [0.1, 0.15) is 5.75 Å². The fourth-order valence-corrected chi connectivity index (χ4v) is 6.31. The number of carbonyl (C=O) groups is 1. The zero-order valence-corrected chi connectivity index (χ0v) is 17.7. The van der Waals surface area contributed by atoms with E-state index in [0.717, 1.165) is 17.7 Å². The molecular formula is C21H23ClN2O4S. The predicted octanol–water partition coefficient (Wildman–Crippen LogP) is 2.41. The Hall–Kier alpha value is -2.09. The van der Waals surface area contributed by atoms with E-state index in [9.17, 15) is 13.2 Å². The van der Waals surface area contributed by atoms with Gasteiger partial charge in [-0.15, -0.1) is 0 Å². The van der Waals surface area contributed by atoms with E-state index in [1.807, 2.05) is 29.2 Å². The van der Waals surface area contributed by atoms with Crippen LogP contribution in [0.3, 0.4) is 0 Å². The molecule has 0 unspecified atom stereocenters. The molecule has 0 spiro atoms. The molecule has 8 heteroatoms. The third-order valence-electron chi connectivity index (χ3n) is 5.65. The number of anilines is 1. The maximum atomic E-state index is 13.0. The molecule has 2 aliphatic rings. The van der Waals surface area contributed by atoms with Crippen molar-refractivity contribution in [2.45, 2.75) is 18.5 Å². The lowest BCUT2D eigenvalue weighted by molar-refractivity contribution is -0.123. The highest BCUT2D eigenvalue weighted by atomic mass is 35.5. The number of sulfone groups is 1. The number of carbonyl (C=O) groups excluding carboxylic acids is 1. The van der Waals surface area contributed by atoms with Gasteiger partial charge in [0.05, 0.1) is 31.2 Å². The van der Waals surface area contributed by atoms with Crippen molar-refractivity contribution in [1.82, 2.24) is 4.90 Å². The van der Waals surface area contributed by atoms with E-state index in [2.05, 4.69) is 0 Å². The maximum Gasteiger partial charge on any atom is 0.241 e. The SMILES string of the molecule is COc1ccc(CCN2CC(=O)N(c3ccc(Cl)cc3)[C@H]3CS(=O)(=O)C[C@@H]32)cc1. The van der Waals surface area contributed by atoms with Crippen molar-refractivity contribution < 1.29 is 17.9 Å². The van der Waals surface area contributed by atoms with E-state index < -0.39 is 9.84 Å². The van der Waals surface area contributed by atoms with Gasteiger partial charge in [0.25, 0.3) is 0 Å². The molecule has 0 N–H and O–H groups in total. The highest BCUT2D eigenvalue weighted by Crippen LogP contribution is 2.32. The van der Waals surface area contributed by atoms with Crippen molar-refractivity contribution in [3.05, 3.63) is 59.1 Å². The summed E-state index contributed by atoms with van der Waals surface area (Å²) in [6.07, 6.45) is 0.738. The summed E-state index contributed by atoms with van der Waals surface area (Å²) in [7, 11) is -1.58. The fraction of sp³-hybridized carbons (Fsp3) is 0.381. The molecule has 2 aromatic rings. The Bertz CT molecular complexity index is 992. The molecule has 2 aromatic carbocycles. The average Bonchev–Trinajstić information content (AvgIpc) is 3.02. The van der Waals surface area contributed by atoms with Crippen LogP contribution in [0, 0.1) is 0 Å². The van der Waals surface area contributed by atoms with Crippen LogP contribution in [-0.4, -0.2) is 63.0 Å². The van der Waals surface area contributed by atoms with Gasteiger partial charge >= 0.3 is 0 Å². The number of hydrogen-bond donors (Lipinski definition) is 0. The van der Waals surface area contributed by atoms with Crippen molar-refractivity contribution in [3.8, 4) is 5.75 Å². The van der Waals surface area contributed by atoms with Crippen molar-refractivity contribution >= 4 is 33.0 Å². The minimum atomic E-state index is -3.20. The van der Waals surface area contributed by atoms with E-state index in [1.54, 1.807) is 36.3 Å². The number of hydrogen-bond acceptors (Lipinski definition) is 5. The first-order valence-electron chi connectivity index (χ1n) is 9.51. The number of ether oxygens (including phenoxy) is 1. The minimum Gasteiger partial charge on any atom is -0.497 e. The summed E-state index contributed by atoms with van der Waals surface area (Å²) < 4.78 is 30.0. The fourth-order valence-electron chi connectivity index (χ4n) is 4.20. The van der Waals surface area contributed by atoms with Gasteiger partial charge in [-0.1, -0.05) is 23.7 Å². The average molecular weight is 435 g/mol. The molecule has 0 radical (unpaired) electrons. The molecule has 154 valence electrons. The second-order valence-corrected chi connectivity index (χ2v) is 10.1. The van der Waals surface area contributed by atoms with Crippen LogP contribution in [0.5, 0.6) is 5.75 Å². The lowest BCUT2D eigenvalue weighted by atomic mass is 10.0. The maximum absolute atomic E-state index is 13.0. The molecule has 0 aliphatic carbocycles. The summed E-state index contributed by atoms with van der Waals surface area (Å²) in [5.74, 6) is 0.783. The van der Waals surface area contributed by atoms with Crippen LogP contribution in [0.25, 0.3) is 0 Å². The number of piperazine rings is 1. The number of rotatable bonds is 5. The monoisotopic (exact) mass is 434 g/mol. The van der Waals surface area contributed by atoms with E-state index in [4.69, 9.17) is 16.3 Å². The number of halogens is 1. The van der Waals surface area contributed by atoms with Crippen LogP contribution < -0.4 is 9.64 Å². The quantitative estimate of drug-likeness (QED) is 0.723. The van der Waals surface area contributed by atoms with Gasteiger partial charge < -0.3 is 9.64 Å². The summed E-state index contributed by atoms with van der Waals surface area (Å²) >= 11 is 5.97. The highest BCUT2D eigenvalue weighted by molar-refractivity contribution is 7.91. The molecule has 0 aromatic heterocycles. The first-order chi connectivity index (χ1) is 13.9. The van der Waals surface area contributed by atoms with Crippen molar-refractivity contribution in [1.29, 1.82) is 0 Å². The van der Waals surface area contributed by atoms with Gasteiger partial charge in [0, 0.05) is 23.3 Å². The molecule has 4 rings (SSSR count). The number of nitrogens with zero attached hydrogens (tertiary/aromatic N) is 2. The highest BCUT2D eigenvalue weighted by Gasteiger charge is 2.49. The van der Waals surface area contributed by atoms with Gasteiger partial charge in [-0.2, -0.15) is 0 Å². The molecule has 29 heavy (non-hydrogen) atoms. The molecule has 2 aliphatic heterocycles. The van der Waals surface area contributed by atoms with Crippen LogP contribution in [0.2, 0.25) is 5.02 Å². The van der Waals surface area contributed by atoms with Crippen LogP contribution >= 0.6 is 11.6 Å². The molecule has 0 saturated carbocycles. The summed E-state index contributed by atoms with van der Waals surface area (Å²) in [6, 6.07) is 14.2. The van der Waals surface area contributed by atoms with Gasteiger partial charge in [-0.3, -0.25) is 9.69 Å². The lowest BCUT2D eigenvalue weighted by Gasteiger charge is -2.43. The Morgan fingerprint density at radius 3 is 2.34 bits per heavy atom. The van der Waals surface area contributed by atoms with E-state index >= 15 is 0 Å². The molecule has 2 heterocycles. The molecule has 2 fully saturated rings. The van der Waals surface area contributed by atoms with Crippen LogP contribution in [0.1, 0.15) is 5.56 Å². The Kier molecular flexibility index (Phi) is 5.55. The largest absolute Gasteiger partial charge is 0.497 e. The van der Waals surface area contributed by atoms with Gasteiger partial charge in [-0.25, -0.2) is 8.42 Å². The number of amides is 1. The Labute approximate surface area is 175 Å². The molecule has 6 nitrogen and oxygen atoms in total. The summed E-state index contributed by atoms with van der Waals surface area (Å²) in [5.41, 5.74) is 1.82. The summed E-state index contributed by atoms with van der Waals surface area (Å²) in [6.45, 7) is 0.832. The summed E-state index contributed by atoms with van der Waals surface area (Å²) in [5, 5.41) is 0.579. The number of fused-ring (bicyclic) bond motifs is 1. The molecule has 0 bridgehead atoms. The zero-order chi connectivity index (χ0) is 20.6. The van der Waals surface area contributed by atoms with Crippen molar-refractivity contribution in [2.24, 2.45) is 0 Å². The van der Waals surface area contributed by atoms with E-state index in [1.165, 1.54) is 0 Å². The second-order valence-electron chi connectivity index (χ2n) is 7.52. The number of methoxy groups -OCH3 is 1. The van der Waals surface area contributed by atoms with Gasteiger partial charge in [-0.05, 0) is 48.4 Å². The van der Waals surface area contributed by atoms with E-state index in [0.29, 0.717) is 17.3 Å². The molecule has 1 amide bonds. The second kappa shape index (κ2) is 7.97. The van der Waals surface area contributed by atoms with Crippen LogP contribution in [-0.2, 0) is 21.1 Å². The van der Waals surface area contributed by atoms with Crippen molar-refractivity contribution in [3.63, 3.8) is 0 Å². The first kappa shape index (κ1) is 20.2. The summed E-state index contributed by atoms with van der Waals surface area (Å²) in [4.78, 5) is 16.6. The standard InChI is InChI=1S/C21H23ClN2O4S/c1-28-18-8-2-15(3-9-18)10-11-23-12-21(25)24(17-6-4-16(22)5-7-17)20-14-29(26,27)13-19(20)23/h2-9,19-20H,10-14H2,1H3/t19-,20-/m0/s1. The van der Waals surface area contributed by atoms with Gasteiger partial charge in [0.2, 0.25) is 5.91 Å². The lowest BCUT2D eigenvalue weighted by Crippen LogP contribution is -2.62. The Balaban J connectivity index is 1.54. The molecule has 2 saturated heterocycles. The molecule has 2 atom stereocenters. The Morgan fingerprint density at radius 1 is 1.03 bits per heavy atom. The van der Waals surface area contributed by atoms with Gasteiger partial charge in [0.15, 0.2) is 9.84 Å². The van der Waals surface area contributed by atoms with Crippen LogP contribution in [0.4, 0.5) is 5.69 Å². The van der Waals surface area contributed by atoms with Crippen LogP contribution in [0.15, 0.2) is 48.5 Å². The molecular weight excluding hydrogens is 412 g/mol. The smallest absolute Gasteiger partial charge is 0.241 e. The third-order valence-corrected chi connectivity index (χ3v) is 7.60. The number of benzene rings is 2. The third kappa shape index (κ3) is 4.27.